The lowest BCUT2D eigenvalue weighted by atomic mass is 9.76. The van der Waals surface area contributed by atoms with E-state index in [4.69, 9.17) is 0 Å². The van der Waals surface area contributed by atoms with E-state index in [-0.39, 0.29) is 18.1 Å². The number of likely N-dealkylation sites (tertiary alicyclic amines) is 1. The highest BCUT2D eigenvalue weighted by Gasteiger charge is 2.46. The molecule has 1 aliphatic carbocycles. The largest absolute Gasteiger partial charge is 0.393 e. The summed E-state index contributed by atoms with van der Waals surface area (Å²) < 4.78 is 0. The number of amides is 1. The lowest BCUT2D eigenvalue weighted by Gasteiger charge is -2.41. The lowest BCUT2D eigenvalue weighted by molar-refractivity contribution is -0.117. The van der Waals surface area contributed by atoms with Crippen LogP contribution in [0.1, 0.15) is 67.3 Å². The number of nitrogens with zero attached hydrogens (tertiary/aromatic N) is 2. The SMILES string of the molecule is CC(=O)N1c2cccc3c2C(CCC3N2CCC(O)CC2)C1c1ccccc1. The van der Waals surface area contributed by atoms with Crippen molar-refractivity contribution in [3.63, 3.8) is 0 Å². The molecule has 1 N–H and O–H groups in total. The first-order chi connectivity index (χ1) is 13.6. The molecule has 0 radical (unpaired) electrons. The molecule has 0 saturated carbocycles. The molecule has 1 fully saturated rings. The van der Waals surface area contributed by atoms with Crippen molar-refractivity contribution in [3.05, 3.63) is 65.2 Å². The van der Waals surface area contributed by atoms with Crippen molar-refractivity contribution < 1.29 is 9.90 Å². The molecule has 2 aromatic carbocycles. The van der Waals surface area contributed by atoms with Crippen LogP contribution in [-0.4, -0.2) is 35.1 Å². The Kier molecular flexibility index (Phi) is 4.48. The molecule has 5 rings (SSSR count). The molecule has 2 aromatic rings. The molecule has 4 nitrogen and oxygen atoms in total. The number of anilines is 1. The molecule has 3 atom stereocenters. The Hall–Kier alpha value is -2.17. The highest BCUT2D eigenvalue weighted by molar-refractivity contribution is 5.96. The van der Waals surface area contributed by atoms with Gasteiger partial charge in [-0.25, -0.2) is 0 Å². The molecule has 3 unspecified atom stereocenters. The zero-order valence-electron chi connectivity index (χ0n) is 16.4. The number of aliphatic hydroxyl groups excluding tert-OH is 1. The van der Waals surface area contributed by atoms with Crippen LogP contribution in [0.4, 0.5) is 5.69 Å². The average molecular weight is 377 g/mol. The number of carbonyl (C=O) groups excluding carboxylic acids is 1. The van der Waals surface area contributed by atoms with Gasteiger partial charge in [0, 0.05) is 37.7 Å². The molecule has 28 heavy (non-hydrogen) atoms. The molecule has 146 valence electrons. The fourth-order valence-electron chi connectivity index (χ4n) is 5.73. The molecule has 2 heterocycles. The van der Waals surface area contributed by atoms with Crippen LogP contribution in [-0.2, 0) is 4.79 Å². The topological polar surface area (TPSA) is 43.8 Å². The number of hydrogen-bond donors (Lipinski definition) is 1. The van der Waals surface area contributed by atoms with Crippen molar-refractivity contribution in [2.45, 2.75) is 56.7 Å². The van der Waals surface area contributed by atoms with E-state index in [0.717, 1.165) is 44.5 Å². The number of carbonyl (C=O) groups is 1. The van der Waals surface area contributed by atoms with Crippen molar-refractivity contribution in [1.29, 1.82) is 0 Å². The maximum Gasteiger partial charge on any atom is 0.224 e. The zero-order chi connectivity index (χ0) is 19.3. The summed E-state index contributed by atoms with van der Waals surface area (Å²) in [5.41, 5.74) is 5.11. The minimum Gasteiger partial charge on any atom is -0.393 e. The van der Waals surface area contributed by atoms with Crippen LogP contribution in [0.15, 0.2) is 48.5 Å². The third-order valence-electron chi connectivity index (χ3n) is 6.94. The van der Waals surface area contributed by atoms with Crippen LogP contribution in [0.3, 0.4) is 0 Å². The number of piperidine rings is 1. The lowest BCUT2D eigenvalue weighted by Crippen LogP contribution is -2.40. The van der Waals surface area contributed by atoms with E-state index < -0.39 is 0 Å². The first kappa shape index (κ1) is 17.9. The van der Waals surface area contributed by atoms with Gasteiger partial charge in [0.15, 0.2) is 0 Å². The first-order valence-corrected chi connectivity index (χ1v) is 10.5. The molecule has 3 aliphatic rings. The molecule has 1 amide bonds. The van der Waals surface area contributed by atoms with Crippen molar-refractivity contribution in [1.82, 2.24) is 4.90 Å². The van der Waals surface area contributed by atoms with Crippen LogP contribution in [0.25, 0.3) is 0 Å². The Morgan fingerprint density at radius 2 is 1.71 bits per heavy atom. The van der Waals surface area contributed by atoms with Crippen LogP contribution in [0, 0.1) is 0 Å². The fourth-order valence-corrected chi connectivity index (χ4v) is 5.73. The molecule has 2 aliphatic heterocycles. The summed E-state index contributed by atoms with van der Waals surface area (Å²) in [5, 5.41) is 9.90. The van der Waals surface area contributed by atoms with E-state index >= 15 is 0 Å². The van der Waals surface area contributed by atoms with Crippen molar-refractivity contribution >= 4 is 11.6 Å². The van der Waals surface area contributed by atoms with Gasteiger partial charge in [-0.1, -0.05) is 42.5 Å². The van der Waals surface area contributed by atoms with Gasteiger partial charge in [0.25, 0.3) is 0 Å². The second-order valence-electron chi connectivity index (χ2n) is 8.49. The second kappa shape index (κ2) is 7.02. The summed E-state index contributed by atoms with van der Waals surface area (Å²) in [5.74, 6) is 0.485. The van der Waals surface area contributed by atoms with E-state index in [1.54, 1.807) is 6.92 Å². The van der Waals surface area contributed by atoms with Gasteiger partial charge in [0.05, 0.1) is 12.1 Å². The van der Waals surface area contributed by atoms with Crippen molar-refractivity contribution in [2.75, 3.05) is 18.0 Å². The zero-order valence-corrected chi connectivity index (χ0v) is 16.4. The maximum absolute atomic E-state index is 12.7. The van der Waals surface area contributed by atoms with Gasteiger partial charge in [-0.3, -0.25) is 9.69 Å². The summed E-state index contributed by atoms with van der Waals surface area (Å²) >= 11 is 0. The van der Waals surface area contributed by atoms with E-state index in [1.165, 1.54) is 16.7 Å². The standard InChI is InChI=1S/C24H28N2O2/c1-16(27)26-22-9-5-8-19-21(25-14-12-18(28)13-15-25)11-10-20(23(19)22)24(26)17-6-3-2-4-7-17/h2-9,18,20-21,24,28H,10-15H2,1H3. The monoisotopic (exact) mass is 376 g/mol. The third-order valence-corrected chi connectivity index (χ3v) is 6.94. The summed E-state index contributed by atoms with van der Waals surface area (Å²) in [7, 11) is 0. The summed E-state index contributed by atoms with van der Waals surface area (Å²) in [6, 6.07) is 17.5. The van der Waals surface area contributed by atoms with E-state index in [2.05, 4.69) is 47.4 Å². The van der Waals surface area contributed by atoms with E-state index in [0.29, 0.717) is 12.0 Å². The van der Waals surface area contributed by atoms with Crippen LogP contribution in [0.5, 0.6) is 0 Å². The Morgan fingerprint density at radius 1 is 0.964 bits per heavy atom. The highest BCUT2D eigenvalue weighted by atomic mass is 16.3. The number of hydrogen-bond acceptors (Lipinski definition) is 3. The molecular formula is C24H28N2O2. The molecule has 0 spiro atoms. The molecule has 0 aromatic heterocycles. The smallest absolute Gasteiger partial charge is 0.224 e. The number of aliphatic hydroxyl groups is 1. The number of rotatable bonds is 2. The summed E-state index contributed by atoms with van der Waals surface area (Å²) in [6.45, 7) is 3.60. The number of benzene rings is 2. The average Bonchev–Trinajstić information content (AvgIpc) is 3.06. The van der Waals surface area contributed by atoms with E-state index in [9.17, 15) is 9.90 Å². The molecule has 0 bridgehead atoms. The highest BCUT2D eigenvalue weighted by Crippen LogP contribution is 2.57. The molecular weight excluding hydrogens is 348 g/mol. The van der Waals surface area contributed by atoms with Crippen molar-refractivity contribution in [3.8, 4) is 0 Å². The minimum absolute atomic E-state index is 0.0963. The van der Waals surface area contributed by atoms with Gasteiger partial charge in [-0.05, 0) is 48.4 Å². The van der Waals surface area contributed by atoms with Gasteiger partial charge < -0.3 is 10.0 Å². The molecule has 1 saturated heterocycles. The maximum atomic E-state index is 12.7. The first-order valence-electron chi connectivity index (χ1n) is 10.5. The van der Waals surface area contributed by atoms with Gasteiger partial charge in [-0.2, -0.15) is 0 Å². The Labute approximate surface area is 166 Å². The predicted octanol–water partition coefficient (Wildman–Crippen LogP) is 4.17. The fraction of sp³-hybridized carbons (Fsp3) is 0.458. The second-order valence-corrected chi connectivity index (χ2v) is 8.49. The van der Waals surface area contributed by atoms with E-state index in [1.807, 2.05) is 11.0 Å². The van der Waals surface area contributed by atoms with Gasteiger partial charge in [0.2, 0.25) is 5.91 Å². The Balaban J connectivity index is 1.57. The minimum atomic E-state index is -0.148. The normalized spacial score (nSPS) is 27.6. The molecule has 4 heteroatoms. The van der Waals surface area contributed by atoms with Crippen LogP contribution < -0.4 is 4.90 Å². The van der Waals surface area contributed by atoms with Crippen LogP contribution >= 0.6 is 0 Å². The summed E-state index contributed by atoms with van der Waals surface area (Å²) in [4.78, 5) is 17.3. The van der Waals surface area contributed by atoms with Crippen molar-refractivity contribution in [2.24, 2.45) is 0 Å². The Morgan fingerprint density at radius 3 is 2.43 bits per heavy atom. The Bertz CT molecular complexity index is 873. The van der Waals surface area contributed by atoms with Crippen LogP contribution in [0.2, 0.25) is 0 Å². The summed E-state index contributed by atoms with van der Waals surface area (Å²) in [6.07, 6.45) is 3.79. The van der Waals surface area contributed by atoms with Gasteiger partial charge in [-0.15, -0.1) is 0 Å². The van der Waals surface area contributed by atoms with Gasteiger partial charge >= 0.3 is 0 Å². The quantitative estimate of drug-likeness (QED) is 0.855. The predicted molar refractivity (Wildman–Crippen MR) is 110 cm³/mol. The van der Waals surface area contributed by atoms with Gasteiger partial charge in [0.1, 0.15) is 0 Å². The third kappa shape index (κ3) is 2.78.